The highest BCUT2D eigenvalue weighted by Gasteiger charge is 2.68. The van der Waals surface area contributed by atoms with E-state index in [0.717, 1.165) is 37.0 Å². The van der Waals surface area contributed by atoms with Gasteiger partial charge in [-0.1, -0.05) is 53.0 Å². The molecule has 3 saturated heterocycles. The zero-order valence-corrected chi connectivity index (χ0v) is 30.6. The normalized spacial score (nSPS) is 30.4. The Morgan fingerprint density at radius 1 is 1.06 bits per heavy atom. The number of hydrogen-bond donors (Lipinski definition) is 4. The van der Waals surface area contributed by atoms with Gasteiger partial charge in [-0.15, -0.1) is 6.58 Å². The van der Waals surface area contributed by atoms with E-state index < -0.39 is 76.2 Å². The van der Waals surface area contributed by atoms with Gasteiger partial charge in [-0.25, -0.2) is 9.78 Å². The molecule has 0 radical (unpaired) electrons. The average molecular weight is 721 g/mol. The fourth-order valence-corrected chi connectivity index (χ4v) is 9.08. The Bertz CT molecular complexity index is 1610. The molecule has 6 rings (SSSR count). The van der Waals surface area contributed by atoms with Crippen LogP contribution in [0.2, 0.25) is 0 Å². The molecule has 5 aliphatic rings. The van der Waals surface area contributed by atoms with E-state index in [0.29, 0.717) is 32.5 Å². The molecular weight excluding hydrogens is 668 g/mol. The van der Waals surface area contributed by atoms with Gasteiger partial charge in [0.2, 0.25) is 11.8 Å². The van der Waals surface area contributed by atoms with Crippen LogP contribution in [0.1, 0.15) is 96.0 Å². The van der Waals surface area contributed by atoms with E-state index in [1.165, 1.54) is 24.7 Å². The van der Waals surface area contributed by atoms with Gasteiger partial charge in [-0.3, -0.25) is 43.7 Å². The molecule has 5 fully saturated rings. The van der Waals surface area contributed by atoms with Crippen molar-refractivity contribution in [2.75, 3.05) is 19.6 Å². The summed E-state index contributed by atoms with van der Waals surface area (Å²) in [4.78, 5) is 97.4. The molecule has 2 aliphatic carbocycles. The summed E-state index contributed by atoms with van der Waals surface area (Å²) >= 11 is 0. The Hall–Kier alpha value is -4.24. The van der Waals surface area contributed by atoms with E-state index in [1.807, 2.05) is 11.8 Å². The van der Waals surface area contributed by atoms with Gasteiger partial charge in [0.05, 0.1) is 6.20 Å². The van der Waals surface area contributed by atoms with Crippen molar-refractivity contribution >= 4 is 35.5 Å². The third kappa shape index (κ3) is 6.50. The largest absolute Gasteiger partial charge is 0.479 e. The number of nitrogens with one attached hydrogen (secondary N) is 3. The standard InChI is InChI=1S/C37H52N8O7/c1-6-23-18-36(23,34(51)52)42-30(47)26-19-37(43(7-2)21-24-14-11-17-44(24)37)33(50)45(26)32(49)28(35(3,4)5)41-31(48)27(22-12-9-8-10-13-22)40-29(46)25-20-38-15-16-39-25/h6,15-16,20,22-24,26-28H,1,7-14,17-19,21H2,2-5H3,(H,40,46)(H,41,48)(H,42,47)(H,51,52)/t23-,24+,26+,27+,28-,36-,37-/m1/s1. The quantitative estimate of drug-likeness (QED) is 0.242. The predicted octanol–water partition coefficient (Wildman–Crippen LogP) is 1.46. The summed E-state index contributed by atoms with van der Waals surface area (Å²) in [6.45, 7) is 12.7. The van der Waals surface area contributed by atoms with Crippen molar-refractivity contribution in [2.45, 2.75) is 121 Å². The first-order chi connectivity index (χ1) is 24.7. The van der Waals surface area contributed by atoms with E-state index in [4.69, 9.17) is 0 Å². The lowest BCUT2D eigenvalue weighted by Crippen LogP contribution is -2.64. The lowest BCUT2D eigenvalue weighted by molar-refractivity contribution is -0.157. The second-order valence-corrected chi connectivity index (χ2v) is 16.1. The number of imide groups is 1. The lowest BCUT2D eigenvalue weighted by Gasteiger charge is -2.39. The number of carboxylic acid groups (broad SMARTS) is 1. The first-order valence-corrected chi connectivity index (χ1v) is 18.6. The number of aliphatic carboxylic acids is 1. The van der Waals surface area contributed by atoms with Crippen LogP contribution in [0.5, 0.6) is 0 Å². The van der Waals surface area contributed by atoms with Gasteiger partial charge in [-0.05, 0) is 50.0 Å². The third-order valence-corrected chi connectivity index (χ3v) is 12.0. The molecule has 1 aromatic heterocycles. The number of rotatable bonds is 11. The van der Waals surface area contributed by atoms with E-state index in [1.54, 1.807) is 20.8 Å². The van der Waals surface area contributed by atoms with E-state index >= 15 is 0 Å². The number of hydrogen-bond acceptors (Lipinski definition) is 10. The Labute approximate surface area is 304 Å². The zero-order valence-electron chi connectivity index (χ0n) is 30.6. The molecule has 3 aliphatic heterocycles. The third-order valence-electron chi connectivity index (χ3n) is 12.0. The van der Waals surface area contributed by atoms with Gasteiger partial charge in [0, 0.05) is 43.9 Å². The van der Waals surface area contributed by atoms with Gasteiger partial charge < -0.3 is 21.1 Å². The summed E-state index contributed by atoms with van der Waals surface area (Å²) < 4.78 is 0. The van der Waals surface area contributed by atoms with Crippen LogP contribution in [0.4, 0.5) is 0 Å². The average Bonchev–Trinajstić information content (AvgIpc) is 3.35. The topological polar surface area (TPSA) is 194 Å². The van der Waals surface area contributed by atoms with Crippen LogP contribution in [-0.2, 0) is 24.0 Å². The number of carbonyl (C=O) groups excluding carboxylic acids is 5. The Morgan fingerprint density at radius 3 is 2.38 bits per heavy atom. The van der Waals surface area contributed by atoms with E-state index in [-0.39, 0.29) is 30.5 Å². The molecule has 5 amide bonds. The number of carboxylic acids is 1. The maximum Gasteiger partial charge on any atom is 0.330 e. The maximum absolute atomic E-state index is 15.0. The number of carbonyl (C=O) groups is 6. The van der Waals surface area contributed by atoms with Crippen molar-refractivity contribution in [3.05, 3.63) is 36.9 Å². The minimum Gasteiger partial charge on any atom is -0.479 e. The second-order valence-electron chi connectivity index (χ2n) is 16.1. The molecule has 0 unspecified atom stereocenters. The molecule has 15 heteroatoms. The number of aromatic nitrogens is 2. The fraction of sp³-hybridized carbons (Fsp3) is 0.676. The number of likely N-dealkylation sites (N-methyl/N-ethyl adjacent to an activating group) is 1. The van der Waals surface area contributed by atoms with Crippen LogP contribution in [0.3, 0.4) is 0 Å². The molecule has 4 N–H and O–H groups in total. The van der Waals surface area contributed by atoms with Gasteiger partial charge in [0.1, 0.15) is 29.4 Å². The molecule has 0 bridgehead atoms. The molecular formula is C37H52N8O7. The van der Waals surface area contributed by atoms with Gasteiger partial charge in [-0.2, -0.15) is 0 Å². The van der Waals surface area contributed by atoms with Crippen molar-refractivity contribution in [2.24, 2.45) is 17.3 Å². The minimum absolute atomic E-state index is 0.0358. The minimum atomic E-state index is -1.57. The van der Waals surface area contributed by atoms with Crippen LogP contribution in [0.15, 0.2) is 31.2 Å². The lowest BCUT2D eigenvalue weighted by atomic mass is 9.82. The molecule has 1 spiro atoms. The molecule has 15 nitrogen and oxygen atoms in total. The van der Waals surface area contributed by atoms with Crippen LogP contribution in [-0.4, -0.2) is 120 Å². The number of likely N-dealkylation sites (tertiary alicyclic amines) is 1. The Morgan fingerprint density at radius 2 is 1.79 bits per heavy atom. The van der Waals surface area contributed by atoms with Crippen molar-refractivity contribution < 1.29 is 33.9 Å². The molecule has 282 valence electrons. The first-order valence-electron chi connectivity index (χ1n) is 18.6. The highest BCUT2D eigenvalue weighted by atomic mass is 16.4. The van der Waals surface area contributed by atoms with Crippen molar-refractivity contribution in [1.29, 1.82) is 0 Å². The number of amides is 5. The fourth-order valence-electron chi connectivity index (χ4n) is 9.08. The second kappa shape index (κ2) is 14.3. The van der Waals surface area contributed by atoms with Crippen molar-refractivity contribution in [1.82, 2.24) is 40.6 Å². The molecule has 1 aromatic rings. The summed E-state index contributed by atoms with van der Waals surface area (Å²) in [7, 11) is 0. The van der Waals surface area contributed by atoms with Gasteiger partial charge in [0.15, 0.2) is 5.66 Å². The summed E-state index contributed by atoms with van der Waals surface area (Å²) in [5.74, 6) is -5.11. The van der Waals surface area contributed by atoms with Crippen LogP contribution in [0, 0.1) is 17.3 Å². The summed E-state index contributed by atoms with van der Waals surface area (Å²) in [6.07, 6.45) is 11.7. The Balaban J connectivity index is 1.34. The summed E-state index contributed by atoms with van der Waals surface area (Å²) in [5.41, 5.74) is -3.74. The van der Waals surface area contributed by atoms with Crippen molar-refractivity contribution in [3.8, 4) is 0 Å². The number of nitrogens with zero attached hydrogens (tertiary/aromatic N) is 5. The predicted molar refractivity (Wildman–Crippen MR) is 188 cm³/mol. The van der Waals surface area contributed by atoms with Crippen molar-refractivity contribution in [3.63, 3.8) is 0 Å². The molecule has 2 saturated carbocycles. The summed E-state index contributed by atoms with van der Waals surface area (Å²) in [6, 6.07) is -3.53. The van der Waals surface area contributed by atoms with E-state index in [2.05, 4.69) is 37.4 Å². The molecule has 4 heterocycles. The van der Waals surface area contributed by atoms with Gasteiger partial charge >= 0.3 is 5.97 Å². The highest BCUT2D eigenvalue weighted by Crippen LogP contribution is 2.48. The zero-order chi connectivity index (χ0) is 37.6. The first kappa shape index (κ1) is 37.5. The molecule has 7 atom stereocenters. The van der Waals surface area contributed by atoms with Crippen LogP contribution in [0.25, 0.3) is 0 Å². The highest BCUT2D eigenvalue weighted by molar-refractivity contribution is 6.10. The SMILES string of the molecule is C=C[C@@H]1C[C@]1(NC(=O)[C@@H]1C[C@@]2(C(=O)N1C(=O)[C@@H](NC(=O)[C@@H](NC(=O)c1cnccn1)C1CCCCC1)C(C)(C)C)N(CC)C[C@@H]1CCCN12)C(=O)O. The number of fused-ring (bicyclic) bond motifs is 2. The van der Waals surface area contributed by atoms with Gasteiger partial charge in [0.25, 0.3) is 17.7 Å². The molecule has 52 heavy (non-hydrogen) atoms. The van der Waals surface area contributed by atoms with Crippen LogP contribution < -0.4 is 16.0 Å². The van der Waals surface area contributed by atoms with E-state index in [9.17, 15) is 33.9 Å². The Kier molecular flexibility index (Phi) is 10.3. The molecule has 0 aromatic carbocycles. The summed E-state index contributed by atoms with van der Waals surface area (Å²) in [5, 5.41) is 18.6. The van der Waals surface area contributed by atoms with Crippen LogP contribution >= 0.6 is 0 Å². The maximum atomic E-state index is 15.0. The monoisotopic (exact) mass is 720 g/mol. The smallest absolute Gasteiger partial charge is 0.330 e.